The van der Waals surface area contributed by atoms with Crippen LogP contribution in [-0.2, 0) is 6.18 Å². The lowest BCUT2D eigenvalue weighted by atomic mass is 10.1. The molecule has 0 aliphatic heterocycles. The summed E-state index contributed by atoms with van der Waals surface area (Å²) in [5.74, 6) is -2.24. The standard InChI is InChI=1S/C10H7F3N2.C9H8O4/c11-10(12,13)9-6-7-15(14-9)8-4-2-1-3-5-8;1-5-2-6(8(10)11)4-7(3-5)9(12)13/h1-7H;2-4H,1H3,(H,10,11)(H,12,13). The molecule has 0 amide bonds. The van der Waals surface area contributed by atoms with Gasteiger partial charge in [-0.25, -0.2) is 14.3 Å². The molecule has 0 saturated heterocycles. The second-order valence-corrected chi connectivity index (χ2v) is 5.68. The van der Waals surface area contributed by atoms with Crippen LogP contribution in [0.3, 0.4) is 0 Å². The molecule has 0 aliphatic rings. The molecule has 1 aromatic heterocycles. The fourth-order valence-corrected chi connectivity index (χ4v) is 2.23. The smallest absolute Gasteiger partial charge is 0.435 e. The Morgan fingerprint density at radius 1 is 0.929 bits per heavy atom. The maximum Gasteiger partial charge on any atom is 0.435 e. The zero-order chi connectivity index (χ0) is 20.9. The second kappa shape index (κ2) is 8.38. The maximum atomic E-state index is 12.2. The Labute approximate surface area is 157 Å². The number of para-hydroxylation sites is 1. The summed E-state index contributed by atoms with van der Waals surface area (Å²) in [4.78, 5) is 21.1. The molecule has 146 valence electrons. The van der Waals surface area contributed by atoms with Crippen LogP contribution in [-0.4, -0.2) is 31.9 Å². The lowest BCUT2D eigenvalue weighted by Gasteiger charge is -2.02. The zero-order valence-electron chi connectivity index (χ0n) is 14.5. The molecule has 2 aromatic carbocycles. The minimum Gasteiger partial charge on any atom is -0.478 e. The van der Waals surface area contributed by atoms with E-state index in [-0.39, 0.29) is 11.1 Å². The van der Waals surface area contributed by atoms with Gasteiger partial charge in [0.25, 0.3) is 0 Å². The van der Waals surface area contributed by atoms with Crippen LogP contribution in [0.1, 0.15) is 32.0 Å². The van der Waals surface area contributed by atoms with Gasteiger partial charge >= 0.3 is 18.1 Å². The minimum absolute atomic E-state index is 0.00241. The molecule has 3 rings (SSSR count). The van der Waals surface area contributed by atoms with E-state index in [2.05, 4.69) is 5.10 Å². The molecule has 0 spiro atoms. The number of carboxylic acid groups (broad SMARTS) is 2. The number of aryl methyl sites for hydroxylation is 1. The quantitative estimate of drug-likeness (QED) is 0.694. The molecule has 0 unspecified atom stereocenters. The highest BCUT2D eigenvalue weighted by Crippen LogP contribution is 2.27. The van der Waals surface area contributed by atoms with Crippen LogP contribution in [0, 0.1) is 6.92 Å². The molecule has 3 aromatic rings. The highest BCUT2D eigenvalue weighted by atomic mass is 19.4. The van der Waals surface area contributed by atoms with Gasteiger partial charge in [0.1, 0.15) is 0 Å². The van der Waals surface area contributed by atoms with Crippen LogP contribution >= 0.6 is 0 Å². The summed E-state index contributed by atoms with van der Waals surface area (Å²) < 4.78 is 37.9. The molecule has 0 radical (unpaired) electrons. The number of alkyl halides is 3. The van der Waals surface area contributed by atoms with E-state index in [1.165, 1.54) is 23.0 Å². The van der Waals surface area contributed by atoms with Gasteiger partial charge in [-0.15, -0.1) is 0 Å². The van der Waals surface area contributed by atoms with E-state index in [0.29, 0.717) is 11.3 Å². The number of aromatic carboxylic acids is 2. The molecular formula is C19H15F3N2O4. The number of hydrogen-bond donors (Lipinski definition) is 2. The molecule has 0 bridgehead atoms. The molecule has 0 saturated carbocycles. The van der Waals surface area contributed by atoms with E-state index in [0.717, 1.165) is 12.1 Å². The SMILES string of the molecule is Cc1cc(C(=O)O)cc(C(=O)O)c1.FC(F)(F)c1ccn(-c2ccccc2)n1. The van der Waals surface area contributed by atoms with Crippen molar-refractivity contribution in [3.63, 3.8) is 0 Å². The van der Waals surface area contributed by atoms with E-state index in [4.69, 9.17) is 10.2 Å². The summed E-state index contributed by atoms with van der Waals surface area (Å²) in [6.07, 6.45) is -3.10. The highest BCUT2D eigenvalue weighted by molar-refractivity contribution is 5.94. The molecule has 0 aliphatic carbocycles. The average Bonchev–Trinajstić information content (AvgIpc) is 3.13. The van der Waals surface area contributed by atoms with Gasteiger partial charge in [0.05, 0.1) is 16.8 Å². The Hall–Kier alpha value is -3.62. The van der Waals surface area contributed by atoms with Crippen molar-refractivity contribution in [2.75, 3.05) is 0 Å². The van der Waals surface area contributed by atoms with E-state index >= 15 is 0 Å². The molecule has 1 heterocycles. The summed E-state index contributed by atoms with van der Waals surface area (Å²) in [5, 5.41) is 20.7. The van der Waals surface area contributed by atoms with E-state index in [9.17, 15) is 22.8 Å². The van der Waals surface area contributed by atoms with Crippen LogP contribution in [0.15, 0.2) is 60.8 Å². The number of rotatable bonds is 3. The molecule has 6 nitrogen and oxygen atoms in total. The maximum absolute atomic E-state index is 12.2. The van der Waals surface area contributed by atoms with E-state index in [1.54, 1.807) is 37.3 Å². The highest BCUT2D eigenvalue weighted by Gasteiger charge is 2.33. The third-order valence-corrected chi connectivity index (χ3v) is 3.47. The molecule has 0 atom stereocenters. The summed E-state index contributed by atoms with van der Waals surface area (Å²) in [6, 6.07) is 13.6. The zero-order valence-corrected chi connectivity index (χ0v) is 14.5. The van der Waals surface area contributed by atoms with Crippen molar-refractivity contribution in [3.05, 3.63) is 83.2 Å². The van der Waals surface area contributed by atoms with Crippen LogP contribution < -0.4 is 0 Å². The van der Waals surface area contributed by atoms with E-state index < -0.39 is 23.8 Å². The average molecular weight is 392 g/mol. The topological polar surface area (TPSA) is 92.4 Å². The fourth-order valence-electron chi connectivity index (χ4n) is 2.23. The summed E-state index contributed by atoms with van der Waals surface area (Å²) in [6.45, 7) is 1.65. The van der Waals surface area contributed by atoms with Crippen molar-refractivity contribution in [1.82, 2.24) is 9.78 Å². The lowest BCUT2D eigenvalue weighted by molar-refractivity contribution is -0.141. The van der Waals surface area contributed by atoms with Gasteiger partial charge in [-0.05, 0) is 48.9 Å². The van der Waals surface area contributed by atoms with Gasteiger partial charge in [-0.1, -0.05) is 18.2 Å². The van der Waals surface area contributed by atoms with Crippen LogP contribution in [0.5, 0.6) is 0 Å². The second-order valence-electron chi connectivity index (χ2n) is 5.68. The summed E-state index contributed by atoms with van der Waals surface area (Å²) in [7, 11) is 0. The fraction of sp³-hybridized carbons (Fsp3) is 0.105. The Kier molecular flexibility index (Phi) is 6.19. The van der Waals surface area contributed by atoms with Crippen molar-refractivity contribution in [2.24, 2.45) is 0 Å². The number of carboxylic acids is 2. The molecule has 9 heteroatoms. The van der Waals surface area contributed by atoms with Crippen molar-refractivity contribution >= 4 is 11.9 Å². The minimum atomic E-state index is -4.39. The molecular weight excluding hydrogens is 377 g/mol. The monoisotopic (exact) mass is 392 g/mol. The third kappa shape index (κ3) is 5.44. The summed E-state index contributed by atoms with van der Waals surface area (Å²) in [5.41, 5.74) is 0.339. The first-order chi connectivity index (χ1) is 13.1. The first kappa shape index (κ1) is 20.7. The first-order valence-electron chi connectivity index (χ1n) is 7.84. The van der Waals surface area contributed by atoms with Gasteiger partial charge in [-0.3, -0.25) is 0 Å². The first-order valence-corrected chi connectivity index (χ1v) is 7.84. The number of benzene rings is 2. The van der Waals surface area contributed by atoms with Gasteiger partial charge in [0, 0.05) is 6.20 Å². The van der Waals surface area contributed by atoms with Crippen LogP contribution in [0.25, 0.3) is 5.69 Å². The lowest BCUT2D eigenvalue weighted by Crippen LogP contribution is -2.07. The van der Waals surface area contributed by atoms with Gasteiger partial charge in [0.2, 0.25) is 0 Å². The van der Waals surface area contributed by atoms with E-state index in [1.807, 2.05) is 0 Å². The number of hydrogen-bond acceptors (Lipinski definition) is 3. The largest absolute Gasteiger partial charge is 0.478 e. The number of carbonyl (C=O) groups is 2. The predicted molar refractivity (Wildman–Crippen MR) is 93.7 cm³/mol. The van der Waals surface area contributed by atoms with Gasteiger partial charge < -0.3 is 10.2 Å². The van der Waals surface area contributed by atoms with Crippen LogP contribution in [0.4, 0.5) is 13.2 Å². The predicted octanol–water partition coefficient (Wildman–Crippen LogP) is 4.28. The van der Waals surface area contributed by atoms with Gasteiger partial charge in [-0.2, -0.15) is 18.3 Å². The Bertz CT molecular complexity index is 950. The number of aromatic nitrogens is 2. The normalized spacial score (nSPS) is 10.7. The van der Waals surface area contributed by atoms with Crippen molar-refractivity contribution in [1.29, 1.82) is 0 Å². The molecule has 0 fully saturated rings. The third-order valence-electron chi connectivity index (χ3n) is 3.47. The summed E-state index contributed by atoms with van der Waals surface area (Å²) >= 11 is 0. The molecule has 28 heavy (non-hydrogen) atoms. The van der Waals surface area contributed by atoms with Gasteiger partial charge in [0.15, 0.2) is 5.69 Å². The Morgan fingerprint density at radius 2 is 1.46 bits per heavy atom. The Balaban J connectivity index is 0.000000203. The van der Waals surface area contributed by atoms with Crippen molar-refractivity contribution < 1.29 is 33.0 Å². The van der Waals surface area contributed by atoms with Crippen LogP contribution in [0.2, 0.25) is 0 Å². The molecule has 2 N–H and O–H groups in total. The Morgan fingerprint density at radius 3 is 1.89 bits per heavy atom. The van der Waals surface area contributed by atoms with Crippen molar-refractivity contribution in [2.45, 2.75) is 13.1 Å². The number of halogens is 3. The number of nitrogens with zero attached hydrogens (tertiary/aromatic N) is 2. The van der Waals surface area contributed by atoms with Crippen molar-refractivity contribution in [3.8, 4) is 5.69 Å².